The van der Waals surface area contributed by atoms with Gasteiger partial charge >= 0.3 is 0 Å². The van der Waals surface area contributed by atoms with Crippen molar-refractivity contribution >= 4 is 5.91 Å². The van der Waals surface area contributed by atoms with Gasteiger partial charge in [-0.3, -0.25) is 0 Å². The van der Waals surface area contributed by atoms with Gasteiger partial charge in [0, 0.05) is 44.7 Å². The number of carbonyl (C=O) groups excluding carboxylic acids is 1. The van der Waals surface area contributed by atoms with E-state index in [1.807, 2.05) is 26.0 Å². The summed E-state index contributed by atoms with van der Waals surface area (Å²) in [6.45, 7) is 4.32. The first-order valence-electron chi connectivity index (χ1n) is 5.90. The summed E-state index contributed by atoms with van der Waals surface area (Å²) in [5, 5.41) is 7.89. The van der Waals surface area contributed by atoms with Crippen LogP contribution in [0, 0.1) is 13.8 Å². The number of benzene rings is 1. The van der Waals surface area contributed by atoms with Gasteiger partial charge in [-0.2, -0.15) is 0 Å². The van der Waals surface area contributed by atoms with Crippen LogP contribution in [0.1, 0.15) is 22.6 Å². The second-order valence-corrected chi connectivity index (χ2v) is 4.57. The summed E-state index contributed by atoms with van der Waals surface area (Å²) in [6.07, 6.45) is 0.395. The SMILES string of the molecule is Cc1noc(C)c1-c1ccc2c(c1)CC(=O)[N-]C2.[Y]. The van der Waals surface area contributed by atoms with E-state index in [0.29, 0.717) is 13.0 Å². The molecule has 1 radical (unpaired) electrons. The molecule has 3 rings (SSSR count). The molecule has 0 bridgehead atoms. The van der Waals surface area contributed by atoms with Crippen LogP contribution in [0.2, 0.25) is 0 Å². The number of carbonyl (C=O) groups is 1. The Morgan fingerprint density at radius 1 is 1.26 bits per heavy atom. The van der Waals surface area contributed by atoms with E-state index >= 15 is 0 Å². The molecule has 0 spiro atoms. The number of nitrogens with zero attached hydrogens (tertiary/aromatic N) is 2. The van der Waals surface area contributed by atoms with E-state index in [4.69, 9.17) is 4.52 Å². The molecule has 0 saturated carbocycles. The van der Waals surface area contributed by atoms with Crippen LogP contribution >= 0.6 is 0 Å². The summed E-state index contributed by atoms with van der Waals surface area (Å²) >= 11 is 0. The fourth-order valence-corrected chi connectivity index (χ4v) is 2.39. The molecule has 0 aliphatic carbocycles. The minimum absolute atomic E-state index is 0. The van der Waals surface area contributed by atoms with E-state index in [0.717, 1.165) is 33.7 Å². The topological polar surface area (TPSA) is 57.2 Å². The van der Waals surface area contributed by atoms with Crippen molar-refractivity contribution in [2.45, 2.75) is 26.8 Å². The van der Waals surface area contributed by atoms with Crippen LogP contribution < -0.4 is 0 Å². The van der Waals surface area contributed by atoms with Crippen molar-refractivity contribution in [2.75, 3.05) is 0 Å². The molecule has 5 heteroatoms. The maximum absolute atomic E-state index is 11.4. The molecule has 4 nitrogen and oxygen atoms in total. The Kier molecular flexibility index (Phi) is 4.21. The second-order valence-electron chi connectivity index (χ2n) is 4.57. The molecule has 2 aromatic rings. The summed E-state index contributed by atoms with van der Waals surface area (Å²) in [5.41, 5.74) is 5.14. The van der Waals surface area contributed by atoms with Crippen molar-refractivity contribution in [3.05, 3.63) is 46.1 Å². The molecule has 1 aromatic heterocycles. The summed E-state index contributed by atoms with van der Waals surface area (Å²) in [4.78, 5) is 11.4. The number of rotatable bonds is 1. The monoisotopic (exact) mass is 330 g/mol. The van der Waals surface area contributed by atoms with E-state index in [1.165, 1.54) is 0 Å². The van der Waals surface area contributed by atoms with Crippen LogP contribution in [0.5, 0.6) is 0 Å². The van der Waals surface area contributed by atoms with Crippen molar-refractivity contribution in [3.8, 4) is 11.1 Å². The zero-order chi connectivity index (χ0) is 12.7. The smallest absolute Gasteiger partial charge is 0.141 e. The zero-order valence-corrected chi connectivity index (χ0v) is 13.8. The zero-order valence-electron chi connectivity index (χ0n) is 10.9. The number of aromatic nitrogens is 1. The molecule has 19 heavy (non-hydrogen) atoms. The summed E-state index contributed by atoms with van der Waals surface area (Å²) < 4.78 is 5.18. The summed E-state index contributed by atoms with van der Waals surface area (Å²) in [6, 6.07) is 6.12. The average Bonchev–Trinajstić information content (AvgIpc) is 2.68. The number of hydrogen-bond donors (Lipinski definition) is 0. The number of fused-ring (bicyclic) bond motifs is 1. The number of hydrogen-bond acceptors (Lipinski definition) is 3. The molecule has 1 amide bonds. The fraction of sp³-hybridized carbons (Fsp3) is 0.286. The molecular weight excluding hydrogens is 317 g/mol. The van der Waals surface area contributed by atoms with Crippen molar-refractivity contribution in [2.24, 2.45) is 0 Å². The first-order valence-corrected chi connectivity index (χ1v) is 5.90. The Labute approximate surface area is 136 Å². The standard InChI is InChI=1S/C14H14N2O2.Y/c1-8-14(9(2)18-16-8)10-3-4-11-7-15-13(17)6-12(11)5-10;/h3-5H,6-7H2,1-2H3,(H,15,17);/p-1. The minimum atomic E-state index is -0.0431. The van der Waals surface area contributed by atoms with E-state index < -0.39 is 0 Å². The third kappa shape index (κ3) is 2.65. The van der Waals surface area contributed by atoms with Gasteiger partial charge in [0.2, 0.25) is 0 Å². The maximum atomic E-state index is 11.4. The Bertz CT molecular complexity index is 615. The first kappa shape index (κ1) is 14.4. The van der Waals surface area contributed by atoms with Gasteiger partial charge in [-0.25, -0.2) is 0 Å². The molecule has 95 valence electrons. The van der Waals surface area contributed by atoms with Crippen molar-refractivity contribution in [1.82, 2.24) is 5.16 Å². The normalized spacial score (nSPS) is 13.5. The Balaban J connectivity index is 0.00000133. The van der Waals surface area contributed by atoms with Gasteiger partial charge in [0.25, 0.3) is 0 Å². The number of aryl methyl sites for hydroxylation is 2. The van der Waals surface area contributed by atoms with Crippen LogP contribution in [0.3, 0.4) is 0 Å². The van der Waals surface area contributed by atoms with Crippen molar-refractivity contribution in [1.29, 1.82) is 0 Å². The molecular formula is C14H13N2O2Y-. The first-order chi connectivity index (χ1) is 8.65. The second kappa shape index (κ2) is 5.55. The van der Waals surface area contributed by atoms with E-state index in [-0.39, 0.29) is 38.6 Å². The van der Waals surface area contributed by atoms with Gasteiger partial charge in [-0.1, -0.05) is 28.9 Å². The molecule has 1 aliphatic heterocycles. The molecule has 0 N–H and O–H groups in total. The van der Waals surface area contributed by atoms with Crippen LogP contribution in [-0.2, 0) is 50.5 Å². The van der Waals surface area contributed by atoms with Crippen LogP contribution in [0.4, 0.5) is 0 Å². The Hall–Kier alpha value is -0.996. The van der Waals surface area contributed by atoms with Gasteiger partial charge in [0.1, 0.15) is 5.76 Å². The van der Waals surface area contributed by atoms with Crippen molar-refractivity contribution < 1.29 is 42.0 Å². The van der Waals surface area contributed by atoms with Crippen LogP contribution in [0.25, 0.3) is 16.4 Å². The van der Waals surface area contributed by atoms with Gasteiger partial charge in [-0.05, 0) is 25.0 Å². The Morgan fingerprint density at radius 3 is 2.74 bits per heavy atom. The minimum Gasteiger partial charge on any atom is -0.649 e. The average molecular weight is 330 g/mol. The fourth-order valence-electron chi connectivity index (χ4n) is 2.39. The van der Waals surface area contributed by atoms with Gasteiger partial charge in [0.15, 0.2) is 0 Å². The third-order valence-corrected chi connectivity index (χ3v) is 3.30. The Morgan fingerprint density at radius 2 is 2.05 bits per heavy atom. The van der Waals surface area contributed by atoms with Gasteiger partial charge in [0.05, 0.1) is 11.6 Å². The predicted molar refractivity (Wildman–Crippen MR) is 67.2 cm³/mol. The molecule has 1 aromatic carbocycles. The summed E-state index contributed by atoms with van der Waals surface area (Å²) in [5.74, 6) is 0.762. The molecule has 0 unspecified atom stereocenters. The summed E-state index contributed by atoms with van der Waals surface area (Å²) in [7, 11) is 0. The molecule has 0 atom stereocenters. The van der Waals surface area contributed by atoms with Gasteiger partial charge < -0.3 is 14.6 Å². The molecule has 0 fully saturated rings. The van der Waals surface area contributed by atoms with Crippen LogP contribution in [0.15, 0.2) is 22.7 Å². The molecule has 0 saturated heterocycles. The predicted octanol–water partition coefficient (Wildman–Crippen LogP) is 2.91. The molecule has 1 aliphatic rings. The number of amides is 1. The maximum Gasteiger partial charge on any atom is 0.141 e. The van der Waals surface area contributed by atoms with E-state index in [9.17, 15) is 4.79 Å². The third-order valence-electron chi connectivity index (χ3n) is 3.30. The van der Waals surface area contributed by atoms with Gasteiger partial charge in [-0.15, -0.1) is 6.54 Å². The van der Waals surface area contributed by atoms with E-state index in [1.54, 1.807) is 0 Å². The van der Waals surface area contributed by atoms with E-state index in [2.05, 4.69) is 16.5 Å². The van der Waals surface area contributed by atoms with Crippen LogP contribution in [-0.4, -0.2) is 11.1 Å². The van der Waals surface area contributed by atoms with Crippen molar-refractivity contribution in [3.63, 3.8) is 0 Å². The molecule has 2 heterocycles. The quantitative estimate of drug-likeness (QED) is 0.808. The largest absolute Gasteiger partial charge is 0.649 e.